The van der Waals surface area contributed by atoms with Crippen LogP contribution in [-0.2, 0) is 0 Å². The van der Waals surface area contributed by atoms with Gasteiger partial charge in [0.1, 0.15) is 11.6 Å². The molecule has 2 N–H and O–H groups in total. The normalized spacial score (nSPS) is 17.4. The Kier molecular flexibility index (Phi) is 14.0. The largest absolute Gasteiger partial charge is 0.489 e. The van der Waals surface area contributed by atoms with E-state index in [1.165, 1.54) is 12.8 Å². The summed E-state index contributed by atoms with van der Waals surface area (Å²) < 4.78 is 63.6. The summed E-state index contributed by atoms with van der Waals surface area (Å²) in [6.45, 7) is 6.94. The van der Waals surface area contributed by atoms with Gasteiger partial charge in [0.25, 0.3) is 5.88 Å². The van der Waals surface area contributed by atoms with Crippen molar-refractivity contribution in [3.63, 3.8) is 0 Å². The number of nitrogens with zero attached hydrogens (tertiary/aromatic N) is 1. The van der Waals surface area contributed by atoms with E-state index in [0.29, 0.717) is 42.0 Å². The second-order valence-corrected chi connectivity index (χ2v) is 11.5. The van der Waals surface area contributed by atoms with Crippen LogP contribution >= 0.6 is 12.4 Å². The SMILES string of the molecule is Cc1ccc(OC[C@H]2CCCNC2)c(Oc2c(F)cc(F)cc2F)n1.Cl.c1ccc(Oc2ccccc2OC[C@H]2CCCNC2)cc1. The van der Waals surface area contributed by atoms with Crippen LogP contribution in [0, 0.1) is 36.2 Å². The van der Waals surface area contributed by atoms with Gasteiger partial charge in [0.15, 0.2) is 28.9 Å². The fraction of sp³-hybridized carbons (Fsp3) is 0.361. The van der Waals surface area contributed by atoms with E-state index >= 15 is 0 Å². The number of ether oxygens (including phenoxy) is 4. The highest BCUT2D eigenvalue weighted by atomic mass is 35.5. The van der Waals surface area contributed by atoms with Gasteiger partial charge >= 0.3 is 0 Å². The van der Waals surface area contributed by atoms with Crippen molar-refractivity contribution >= 4 is 12.4 Å². The molecule has 6 rings (SSSR count). The first-order valence-electron chi connectivity index (χ1n) is 15.7. The van der Waals surface area contributed by atoms with Crippen molar-refractivity contribution in [1.29, 1.82) is 0 Å². The second kappa shape index (κ2) is 18.4. The molecule has 0 saturated carbocycles. The molecule has 2 atom stereocenters. The molecule has 3 heterocycles. The molecule has 0 unspecified atom stereocenters. The molecular formula is C36H41ClF3N3O4. The summed E-state index contributed by atoms with van der Waals surface area (Å²) in [6.07, 6.45) is 4.59. The third-order valence-corrected chi connectivity index (χ3v) is 7.69. The van der Waals surface area contributed by atoms with E-state index in [1.807, 2.05) is 54.6 Å². The van der Waals surface area contributed by atoms with Gasteiger partial charge in [-0.25, -0.2) is 18.2 Å². The number of aromatic nitrogens is 1. The molecule has 0 spiro atoms. The third kappa shape index (κ3) is 11.1. The maximum Gasteiger partial charge on any atom is 0.262 e. The zero-order valence-corrected chi connectivity index (χ0v) is 27.2. The number of para-hydroxylation sites is 3. The summed E-state index contributed by atoms with van der Waals surface area (Å²) in [7, 11) is 0. The maximum absolute atomic E-state index is 13.8. The molecule has 47 heavy (non-hydrogen) atoms. The van der Waals surface area contributed by atoms with Gasteiger partial charge in [0.05, 0.1) is 13.2 Å². The van der Waals surface area contributed by atoms with Crippen molar-refractivity contribution in [3.05, 3.63) is 102 Å². The predicted octanol–water partition coefficient (Wildman–Crippen LogP) is 8.26. The molecule has 2 saturated heterocycles. The Bertz CT molecular complexity index is 1510. The molecule has 0 aliphatic carbocycles. The molecule has 3 aromatic carbocycles. The van der Waals surface area contributed by atoms with E-state index in [0.717, 1.165) is 62.9 Å². The Labute approximate surface area is 280 Å². The average molecular weight is 672 g/mol. The van der Waals surface area contributed by atoms with E-state index in [9.17, 15) is 13.2 Å². The topological polar surface area (TPSA) is 73.9 Å². The van der Waals surface area contributed by atoms with E-state index in [-0.39, 0.29) is 18.3 Å². The van der Waals surface area contributed by atoms with E-state index < -0.39 is 23.2 Å². The number of hydrogen-bond acceptors (Lipinski definition) is 7. The third-order valence-electron chi connectivity index (χ3n) is 7.69. The van der Waals surface area contributed by atoms with Crippen LogP contribution in [0.15, 0.2) is 78.9 Å². The molecule has 0 amide bonds. The quantitative estimate of drug-likeness (QED) is 0.176. The zero-order valence-electron chi connectivity index (χ0n) is 26.4. The highest BCUT2D eigenvalue weighted by Crippen LogP contribution is 2.34. The minimum Gasteiger partial charge on any atom is -0.489 e. The molecule has 2 aliphatic heterocycles. The number of aryl methyl sites for hydroxylation is 1. The summed E-state index contributed by atoms with van der Waals surface area (Å²) in [5.74, 6) is -0.401. The Morgan fingerprint density at radius 1 is 0.702 bits per heavy atom. The number of rotatable bonds is 10. The second-order valence-electron chi connectivity index (χ2n) is 11.5. The fourth-order valence-corrected chi connectivity index (χ4v) is 5.24. The number of halogens is 4. The number of piperidine rings is 2. The van der Waals surface area contributed by atoms with Crippen LogP contribution in [0.25, 0.3) is 0 Å². The highest BCUT2D eigenvalue weighted by Gasteiger charge is 2.20. The van der Waals surface area contributed by atoms with Crippen molar-refractivity contribution in [1.82, 2.24) is 15.6 Å². The molecule has 11 heteroatoms. The number of benzene rings is 3. The molecule has 1 aromatic heterocycles. The summed E-state index contributed by atoms with van der Waals surface area (Å²) in [5.41, 5.74) is 0.601. The van der Waals surface area contributed by atoms with Crippen molar-refractivity contribution in [2.75, 3.05) is 39.4 Å². The summed E-state index contributed by atoms with van der Waals surface area (Å²) >= 11 is 0. The first-order valence-corrected chi connectivity index (χ1v) is 15.7. The van der Waals surface area contributed by atoms with Crippen molar-refractivity contribution in [2.24, 2.45) is 11.8 Å². The molecule has 0 bridgehead atoms. The Morgan fingerprint density at radius 2 is 1.28 bits per heavy atom. The lowest BCUT2D eigenvalue weighted by atomic mass is 10.0. The van der Waals surface area contributed by atoms with E-state index in [2.05, 4.69) is 15.6 Å². The van der Waals surface area contributed by atoms with Gasteiger partial charge in [-0.3, -0.25) is 0 Å². The average Bonchev–Trinajstić information content (AvgIpc) is 3.07. The van der Waals surface area contributed by atoms with Gasteiger partial charge in [-0.2, -0.15) is 0 Å². The van der Waals surface area contributed by atoms with E-state index in [1.54, 1.807) is 19.1 Å². The van der Waals surface area contributed by atoms with Gasteiger partial charge in [0, 0.05) is 42.8 Å². The first kappa shape index (κ1) is 35.9. The lowest BCUT2D eigenvalue weighted by molar-refractivity contribution is 0.210. The molecule has 2 aliphatic rings. The minimum absolute atomic E-state index is 0. The van der Waals surface area contributed by atoms with E-state index in [4.69, 9.17) is 18.9 Å². The molecule has 252 valence electrons. The van der Waals surface area contributed by atoms with Crippen LogP contribution in [0.3, 0.4) is 0 Å². The maximum atomic E-state index is 13.8. The fourth-order valence-electron chi connectivity index (χ4n) is 5.24. The molecule has 4 aromatic rings. The van der Waals surface area contributed by atoms with Gasteiger partial charge < -0.3 is 29.6 Å². The monoisotopic (exact) mass is 671 g/mol. The van der Waals surface area contributed by atoms with Crippen LogP contribution < -0.4 is 29.6 Å². The first-order chi connectivity index (χ1) is 22.4. The molecule has 7 nitrogen and oxygen atoms in total. The van der Waals surface area contributed by atoms with Crippen molar-refractivity contribution < 1.29 is 32.1 Å². The molecular weight excluding hydrogens is 631 g/mol. The van der Waals surface area contributed by atoms with Crippen molar-refractivity contribution in [3.8, 4) is 34.6 Å². The van der Waals surface area contributed by atoms with Gasteiger partial charge in [-0.1, -0.05) is 30.3 Å². The lowest BCUT2D eigenvalue weighted by Gasteiger charge is -2.23. The Morgan fingerprint density at radius 3 is 1.87 bits per heavy atom. The summed E-state index contributed by atoms with van der Waals surface area (Å²) in [5, 5.41) is 6.71. The van der Waals surface area contributed by atoms with Crippen LogP contribution in [0.2, 0.25) is 0 Å². The number of pyridine rings is 1. The standard InChI is InChI=1S/C18H19F3N2O2.C18H21NO2.ClH/c1-11-4-5-16(24-10-12-3-2-6-22-9-12)18(23-11)25-17-14(20)7-13(19)8-15(17)21;1-2-8-16(9-3-1)21-18-11-5-4-10-17(18)20-14-15-7-6-12-19-13-15;/h4-5,7-8,12,22H,2-3,6,9-10H2,1H3;1-5,8-11,15,19H,6-7,12-14H2;1H/t12-;15-;/m00./s1. The summed E-state index contributed by atoms with van der Waals surface area (Å²) in [6, 6.07) is 22.1. The minimum atomic E-state index is -1.14. The summed E-state index contributed by atoms with van der Waals surface area (Å²) in [4.78, 5) is 4.15. The predicted molar refractivity (Wildman–Crippen MR) is 178 cm³/mol. The Hall–Kier alpha value is -3.99. The van der Waals surface area contributed by atoms with Crippen LogP contribution in [0.4, 0.5) is 13.2 Å². The van der Waals surface area contributed by atoms with Gasteiger partial charge in [-0.15, -0.1) is 12.4 Å². The van der Waals surface area contributed by atoms with Crippen LogP contribution in [0.1, 0.15) is 31.4 Å². The van der Waals surface area contributed by atoms with Gasteiger partial charge in [0.2, 0.25) is 5.75 Å². The smallest absolute Gasteiger partial charge is 0.262 e. The number of nitrogens with one attached hydrogen (secondary N) is 2. The number of hydrogen-bond donors (Lipinski definition) is 2. The van der Waals surface area contributed by atoms with Gasteiger partial charge in [-0.05, 0) is 82.1 Å². The van der Waals surface area contributed by atoms with Crippen LogP contribution in [0.5, 0.6) is 34.6 Å². The lowest BCUT2D eigenvalue weighted by Crippen LogP contribution is -2.33. The van der Waals surface area contributed by atoms with Crippen molar-refractivity contribution in [2.45, 2.75) is 32.6 Å². The highest BCUT2D eigenvalue weighted by molar-refractivity contribution is 5.85. The van der Waals surface area contributed by atoms with Crippen LogP contribution in [-0.4, -0.2) is 44.4 Å². The zero-order chi connectivity index (χ0) is 32.1. The Balaban J connectivity index is 0.000000211. The molecule has 0 radical (unpaired) electrons. The molecule has 2 fully saturated rings.